The molecule has 3 radical (unpaired) electrons. The van der Waals surface area contributed by atoms with Crippen LogP contribution in [0.4, 0.5) is 30.7 Å². The first kappa shape index (κ1) is 36.6. The van der Waals surface area contributed by atoms with Gasteiger partial charge in [-0.2, -0.15) is 26.3 Å². The number of hydrogen-bond acceptors (Lipinski definition) is 6. The SMILES string of the molecule is COCCOc1c[c]c(Br)cc1F.COc1cc(Br)[c]cc1OC(F)F.FC(F)Oc1c[c]c(Br)cc1OC(F)F. The van der Waals surface area contributed by atoms with Gasteiger partial charge < -0.3 is 28.4 Å². The highest BCUT2D eigenvalue weighted by Gasteiger charge is 2.15. The van der Waals surface area contributed by atoms with Gasteiger partial charge in [0.1, 0.15) is 6.61 Å². The first-order valence-corrected chi connectivity index (χ1v) is 13.0. The molecule has 0 aliphatic rings. The van der Waals surface area contributed by atoms with Crippen molar-refractivity contribution in [2.24, 2.45) is 0 Å². The molecule has 16 heteroatoms. The third kappa shape index (κ3) is 15.4. The Morgan fingerprint density at radius 1 is 0.610 bits per heavy atom. The minimum Gasteiger partial charge on any atom is -0.493 e. The minimum atomic E-state index is -3.11. The second kappa shape index (κ2) is 19.6. The summed E-state index contributed by atoms with van der Waals surface area (Å²) < 4.78 is 112. The lowest BCUT2D eigenvalue weighted by molar-refractivity contribution is -0.0692. The van der Waals surface area contributed by atoms with E-state index < -0.39 is 37.2 Å². The molecule has 41 heavy (non-hydrogen) atoms. The van der Waals surface area contributed by atoms with Crippen LogP contribution in [0.3, 0.4) is 0 Å². The summed E-state index contributed by atoms with van der Waals surface area (Å²) in [6.07, 6.45) is 0. The molecule has 0 atom stereocenters. The Bertz CT molecular complexity index is 1190. The van der Waals surface area contributed by atoms with Crippen molar-refractivity contribution in [3.05, 3.63) is 73.8 Å². The van der Waals surface area contributed by atoms with E-state index in [4.69, 9.17) is 14.2 Å². The van der Waals surface area contributed by atoms with Crippen LogP contribution in [0.15, 0.2) is 49.8 Å². The molecule has 0 aliphatic carbocycles. The standard InChI is InChI=1S/C9H9BrFO2.C8H4BrF4O2.C8H6BrF2O2/c1-12-4-5-13-9-3-2-7(10)6-8(9)11;9-4-1-2-5(14-7(10)11)6(3-4)15-8(12)13;1-12-7-4-5(9)2-3-6(7)13-8(10)11/h3,6H,4-5H2,1H3;2-3,7-8H;3-4,8H,1H3. The van der Waals surface area contributed by atoms with Crippen molar-refractivity contribution in [1.82, 2.24) is 0 Å². The summed E-state index contributed by atoms with van der Waals surface area (Å²) in [6.45, 7) is -8.30. The molecule has 0 bridgehead atoms. The zero-order valence-electron chi connectivity index (χ0n) is 20.8. The maximum Gasteiger partial charge on any atom is 0.387 e. The topological polar surface area (TPSA) is 55.4 Å². The van der Waals surface area contributed by atoms with Gasteiger partial charge in [0.25, 0.3) is 0 Å². The summed E-state index contributed by atoms with van der Waals surface area (Å²) in [5, 5.41) is 0. The van der Waals surface area contributed by atoms with Crippen LogP contribution in [-0.2, 0) is 4.74 Å². The lowest BCUT2D eigenvalue weighted by Crippen LogP contribution is -2.07. The highest BCUT2D eigenvalue weighted by atomic mass is 79.9. The summed E-state index contributed by atoms with van der Waals surface area (Å²) in [5.74, 6) is -0.960. The molecule has 0 saturated carbocycles. The maximum absolute atomic E-state index is 13.1. The summed E-state index contributed by atoms with van der Waals surface area (Å²) in [5.41, 5.74) is 0. The van der Waals surface area contributed by atoms with Crippen molar-refractivity contribution in [2.45, 2.75) is 19.8 Å². The lowest BCUT2D eigenvalue weighted by Gasteiger charge is -2.11. The normalized spacial score (nSPS) is 10.4. The molecule has 0 unspecified atom stereocenters. The average Bonchev–Trinajstić information content (AvgIpc) is 2.88. The molecule has 3 aromatic carbocycles. The molecular weight excluding hydrogens is 769 g/mol. The molecule has 0 N–H and O–H groups in total. The van der Waals surface area contributed by atoms with Gasteiger partial charge in [0.2, 0.25) is 0 Å². The first-order valence-electron chi connectivity index (χ1n) is 10.7. The molecule has 0 aliphatic heterocycles. The van der Waals surface area contributed by atoms with Crippen LogP contribution < -0.4 is 23.7 Å². The summed E-state index contributed by atoms with van der Waals surface area (Å²) >= 11 is 9.16. The largest absolute Gasteiger partial charge is 0.493 e. The maximum atomic E-state index is 13.1. The van der Waals surface area contributed by atoms with E-state index in [-0.39, 0.29) is 17.2 Å². The second-order valence-electron chi connectivity index (χ2n) is 6.69. The van der Waals surface area contributed by atoms with Crippen molar-refractivity contribution >= 4 is 47.8 Å². The average molecular weight is 788 g/mol. The molecular formula is C25H19Br3F7O6. The third-order valence-electron chi connectivity index (χ3n) is 3.93. The fraction of sp³-hybridized carbons (Fsp3) is 0.280. The van der Waals surface area contributed by atoms with Crippen LogP contribution >= 0.6 is 47.8 Å². The molecule has 0 fully saturated rings. The highest BCUT2D eigenvalue weighted by molar-refractivity contribution is 9.11. The van der Waals surface area contributed by atoms with Crippen LogP contribution in [0.25, 0.3) is 0 Å². The Morgan fingerprint density at radius 3 is 1.46 bits per heavy atom. The van der Waals surface area contributed by atoms with Gasteiger partial charge in [0.05, 0.1) is 13.7 Å². The number of hydrogen-bond donors (Lipinski definition) is 0. The molecule has 0 saturated heterocycles. The monoisotopic (exact) mass is 785 g/mol. The predicted molar refractivity (Wildman–Crippen MR) is 143 cm³/mol. The van der Waals surface area contributed by atoms with Gasteiger partial charge in [-0.25, -0.2) is 4.39 Å². The Morgan fingerprint density at radius 2 is 1.02 bits per heavy atom. The van der Waals surface area contributed by atoms with E-state index >= 15 is 0 Å². The third-order valence-corrected chi connectivity index (χ3v) is 5.30. The lowest BCUT2D eigenvalue weighted by atomic mass is 10.3. The van der Waals surface area contributed by atoms with Crippen molar-refractivity contribution in [3.63, 3.8) is 0 Å². The van der Waals surface area contributed by atoms with Gasteiger partial charge in [-0.3, -0.25) is 0 Å². The van der Waals surface area contributed by atoms with Gasteiger partial charge in [-0.05, 0) is 36.4 Å². The molecule has 6 nitrogen and oxygen atoms in total. The van der Waals surface area contributed by atoms with Crippen LogP contribution in [0.1, 0.15) is 0 Å². The van der Waals surface area contributed by atoms with E-state index in [1.807, 2.05) is 0 Å². The van der Waals surface area contributed by atoms with Gasteiger partial charge in [0, 0.05) is 38.7 Å². The summed E-state index contributed by atoms with van der Waals surface area (Å²) in [6, 6.07) is 15.5. The van der Waals surface area contributed by atoms with Crippen molar-refractivity contribution in [3.8, 4) is 28.7 Å². The van der Waals surface area contributed by atoms with Gasteiger partial charge in [-0.1, -0.05) is 47.8 Å². The minimum absolute atomic E-state index is 0.0271. The van der Waals surface area contributed by atoms with E-state index in [1.54, 1.807) is 7.11 Å². The first-order chi connectivity index (χ1) is 19.4. The van der Waals surface area contributed by atoms with Crippen molar-refractivity contribution in [1.29, 1.82) is 0 Å². The Labute approximate surface area is 256 Å². The Kier molecular flexibility index (Phi) is 17.5. The van der Waals surface area contributed by atoms with E-state index in [2.05, 4.69) is 80.2 Å². The summed E-state index contributed by atoms with van der Waals surface area (Å²) in [7, 11) is 2.94. The zero-order chi connectivity index (χ0) is 30.9. The predicted octanol–water partition coefficient (Wildman–Crippen LogP) is 8.72. The fourth-order valence-corrected chi connectivity index (χ4v) is 3.32. The van der Waals surface area contributed by atoms with Gasteiger partial charge in [0.15, 0.2) is 34.6 Å². The smallest absolute Gasteiger partial charge is 0.387 e. The quantitative estimate of drug-likeness (QED) is 0.143. The molecule has 0 spiro atoms. The van der Waals surface area contributed by atoms with Crippen molar-refractivity contribution in [2.75, 3.05) is 27.4 Å². The van der Waals surface area contributed by atoms with Crippen LogP contribution in [0, 0.1) is 24.0 Å². The van der Waals surface area contributed by atoms with Crippen LogP contribution in [0.5, 0.6) is 28.7 Å². The second-order valence-corrected chi connectivity index (χ2v) is 9.26. The zero-order valence-corrected chi connectivity index (χ0v) is 25.6. The van der Waals surface area contributed by atoms with E-state index in [0.717, 1.165) is 12.1 Å². The molecule has 0 amide bonds. The number of benzene rings is 3. The number of halogens is 10. The molecule has 3 aromatic rings. The molecule has 0 aromatic heterocycles. The van der Waals surface area contributed by atoms with Crippen LogP contribution in [0.2, 0.25) is 0 Å². The summed E-state index contributed by atoms with van der Waals surface area (Å²) in [4.78, 5) is 0. The molecule has 3 rings (SSSR count). The number of ether oxygens (including phenoxy) is 6. The fourth-order valence-electron chi connectivity index (χ4n) is 2.36. The van der Waals surface area contributed by atoms with E-state index in [9.17, 15) is 30.7 Å². The molecule has 0 heterocycles. The van der Waals surface area contributed by atoms with E-state index in [0.29, 0.717) is 26.6 Å². The van der Waals surface area contributed by atoms with Crippen LogP contribution in [-0.4, -0.2) is 47.3 Å². The number of alkyl halides is 6. The highest BCUT2D eigenvalue weighted by Crippen LogP contribution is 2.33. The Balaban J connectivity index is 0.000000309. The van der Waals surface area contributed by atoms with Gasteiger partial charge >= 0.3 is 19.8 Å². The number of methoxy groups -OCH3 is 2. The van der Waals surface area contributed by atoms with Gasteiger partial charge in [-0.15, -0.1) is 0 Å². The molecule has 225 valence electrons. The van der Waals surface area contributed by atoms with E-state index in [1.165, 1.54) is 31.4 Å². The Hall–Kier alpha value is -2.43. The van der Waals surface area contributed by atoms with Crippen molar-refractivity contribution < 1.29 is 59.2 Å². The number of rotatable bonds is 11.